The molecule has 0 radical (unpaired) electrons. The summed E-state index contributed by atoms with van der Waals surface area (Å²) in [6.07, 6.45) is 6.30. The number of hydrogen-bond donors (Lipinski definition) is 2. The van der Waals surface area contributed by atoms with Crippen LogP contribution in [0.25, 0.3) is 0 Å². The van der Waals surface area contributed by atoms with Gasteiger partial charge in [-0.3, -0.25) is 0 Å². The average Bonchev–Trinajstić information content (AvgIpc) is 2.73. The summed E-state index contributed by atoms with van der Waals surface area (Å²) >= 11 is 6.11. The van der Waals surface area contributed by atoms with E-state index in [1.165, 1.54) is 43.2 Å². The fraction of sp³-hybridized carbons (Fsp3) is 0.333. The number of halogens is 1. The number of hydrogen-bond acceptors (Lipinski definition) is 2. The van der Waals surface area contributed by atoms with Crippen molar-refractivity contribution in [1.29, 1.82) is 0 Å². The highest BCUT2D eigenvalue weighted by Crippen LogP contribution is 2.28. The van der Waals surface area contributed by atoms with Crippen LogP contribution >= 0.6 is 11.6 Å². The topological polar surface area (TPSA) is 32.3 Å². The fourth-order valence-electron chi connectivity index (χ4n) is 2.92. The van der Waals surface area contributed by atoms with E-state index >= 15 is 0 Å². The third-order valence-corrected chi connectivity index (χ3v) is 4.58. The molecular formula is C18H20ClNO. The molecule has 2 aromatic rings. The molecule has 3 heteroatoms. The molecule has 0 saturated heterocycles. The third-order valence-electron chi connectivity index (χ3n) is 4.14. The molecule has 0 spiro atoms. The Morgan fingerprint density at radius 3 is 2.67 bits per heavy atom. The SMILES string of the molecule is Oc1cccc(CNc2ccc3c(c2)CCCCC3)c1Cl. The number of fused-ring (bicyclic) bond motifs is 1. The standard InChI is InChI=1S/C18H20ClNO/c19-18-15(7-4-8-17(18)21)12-20-16-10-9-13-5-2-1-3-6-14(13)11-16/h4,7-11,20-21H,1-3,5-6,12H2. The van der Waals surface area contributed by atoms with Crippen molar-refractivity contribution in [2.75, 3.05) is 5.32 Å². The maximum Gasteiger partial charge on any atom is 0.134 e. The number of aryl methyl sites for hydroxylation is 2. The van der Waals surface area contributed by atoms with Gasteiger partial charge in [0.05, 0.1) is 5.02 Å². The lowest BCUT2D eigenvalue weighted by Gasteiger charge is -2.12. The van der Waals surface area contributed by atoms with Gasteiger partial charge in [-0.05, 0) is 60.6 Å². The van der Waals surface area contributed by atoms with Crippen LogP contribution < -0.4 is 5.32 Å². The van der Waals surface area contributed by atoms with E-state index in [4.69, 9.17) is 11.6 Å². The quantitative estimate of drug-likeness (QED) is 0.788. The van der Waals surface area contributed by atoms with E-state index in [9.17, 15) is 5.11 Å². The first-order chi connectivity index (χ1) is 10.2. The first-order valence-electron chi connectivity index (χ1n) is 7.56. The maximum absolute atomic E-state index is 9.63. The molecule has 110 valence electrons. The monoisotopic (exact) mass is 301 g/mol. The van der Waals surface area contributed by atoms with Gasteiger partial charge in [-0.25, -0.2) is 0 Å². The van der Waals surface area contributed by atoms with Crippen LogP contribution in [-0.2, 0) is 19.4 Å². The molecule has 1 aliphatic carbocycles. The van der Waals surface area contributed by atoms with Crippen LogP contribution in [0.3, 0.4) is 0 Å². The van der Waals surface area contributed by atoms with Gasteiger partial charge in [-0.2, -0.15) is 0 Å². The van der Waals surface area contributed by atoms with Crippen LogP contribution in [-0.4, -0.2) is 5.11 Å². The molecule has 2 aromatic carbocycles. The number of phenols is 1. The Balaban J connectivity index is 1.73. The summed E-state index contributed by atoms with van der Waals surface area (Å²) in [6, 6.07) is 12.0. The van der Waals surface area contributed by atoms with E-state index < -0.39 is 0 Å². The highest BCUT2D eigenvalue weighted by Gasteiger charge is 2.09. The molecule has 0 aliphatic heterocycles. The van der Waals surface area contributed by atoms with Gasteiger partial charge in [0, 0.05) is 12.2 Å². The molecule has 1 aliphatic rings. The Labute approximate surface area is 130 Å². The van der Waals surface area contributed by atoms with Crippen LogP contribution in [0, 0.1) is 0 Å². The Bertz CT molecular complexity index is 639. The number of anilines is 1. The van der Waals surface area contributed by atoms with Gasteiger partial charge >= 0.3 is 0 Å². The summed E-state index contributed by atoms with van der Waals surface area (Å²) in [6.45, 7) is 0.617. The molecule has 2 N–H and O–H groups in total. The van der Waals surface area contributed by atoms with Crippen LogP contribution in [0.1, 0.15) is 36.0 Å². The zero-order valence-corrected chi connectivity index (χ0v) is 12.8. The van der Waals surface area contributed by atoms with Crippen LogP contribution in [0.2, 0.25) is 5.02 Å². The van der Waals surface area contributed by atoms with Gasteiger partial charge < -0.3 is 10.4 Å². The summed E-state index contributed by atoms with van der Waals surface area (Å²) in [7, 11) is 0. The predicted octanol–water partition coefficient (Wildman–Crippen LogP) is 4.93. The predicted molar refractivity (Wildman–Crippen MR) is 88.1 cm³/mol. The lowest BCUT2D eigenvalue weighted by Crippen LogP contribution is -2.01. The lowest BCUT2D eigenvalue weighted by atomic mass is 10.0. The van der Waals surface area contributed by atoms with Crippen molar-refractivity contribution in [3.8, 4) is 5.75 Å². The Hall–Kier alpha value is -1.67. The zero-order valence-electron chi connectivity index (χ0n) is 12.0. The van der Waals surface area contributed by atoms with E-state index in [1.807, 2.05) is 12.1 Å². The van der Waals surface area contributed by atoms with E-state index in [1.54, 1.807) is 6.07 Å². The Kier molecular flexibility index (Phi) is 4.35. The summed E-state index contributed by atoms with van der Waals surface area (Å²) in [4.78, 5) is 0. The highest BCUT2D eigenvalue weighted by atomic mass is 35.5. The third kappa shape index (κ3) is 3.33. The smallest absolute Gasteiger partial charge is 0.134 e. The largest absolute Gasteiger partial charge is 0.506 e. The molecule has 0 aromatic heterocycles. The first-order valence-corrected chi connectivity index (χ1v) is 7.94. The van der Waals surface area contributed by atoms with Crippen LogP contribution in [0.5, 0.6) is 5.75 Å². The summed E-state index contributed by atoms with van der Waals surface area (Å²) in [5, 5.41) is 13.5. The van der Waals surface area contributed by atoms with Gasteiger partial charge in [-0.1, -0.05) is 36.2 Å². The van der Waals surface area contributed by atoms with Crippen molar-refractivity contribution in [2.45, 2.75) is 38.6 Å². The molecule has 3 rings (SSSR count). The van der Waals surface area contributed by atoms with Crippen molar-refractivity contribution < 1.29 is 5.11 Å². The summed E-state index contributed by atoms with van der Waals surface area (Å²) in [5.41, 5.74) is 5.00. The molecule has 0 saturated carbocycles. The normalized spacial score (nSPS) is 14.3. The van der Waals surface area contributed by atoms with Gasteiger partial charge in [0.2, 0.25) is 0 Å². The minimum atomic E-state index is 0.137. The molecule has 0 unspecified atom stereocenters. The Morgan fingerprint density at radius 1 is 1.00 bits per heavy atom. The zero-order chi connectivity index (χ0) is 14.7. The molecule has 0 fully saturated rings. The lowest BCUT2D eigenvalue weighted by molar-refractivity contribution is 0.475. The highest BCUT2D eigenvalue weighted by molar-refractivity contribution is 6.32. The average molecular weight is 302 g/mol. The van der Waals surface area contributed by atoms with Gasteiger partial charge in [-0.15, -0.1) is 0 Å². The van der Waals surface area contributed by atoms with Gasteiger partial charge in [0.25, 0.3) is 0 Å². The van der Waals surface area contributed by atoms with Crippen molar-refractivity contribution in [1.82, 2.24) is 0 Å². The molecule has 0 heterocycles. The van der Waals surface area contributed by atoms with E-state index in [-0.39, 0.29) is 5.75 Å². The van der Waals surface area contributed by atoms with Crippen LogP contribution in [0.4, 0.5) is 5.69 Å². The van der Waals surface area contributed by atoms with Crippen LogP contribution in [0.15, 0.2) is 36.4 Å². The first kappa shape index (κ1) is 14.3. The molecule has 0 amide bonds. The summed E-state index contributed by atoms with van der Waals surface area (Å²) < 4.78 is 0. The second kappa shape index (κ2) is 6.40. The van der Waals surface area contributed by atoms with Crippen molar-refractivity contribution in [2.24, 2.45) is 0 Å². The minimum absolute atomic E-state index is 0.137. The molecule has 21 heavy (non-hydrogen) atoms. The number of benzene rings is 2. The van der Waals surface area contributed by atoms with E-state index in [0.29, 0.717) is 11.6 Å². The minimum Gasteiger partial charge on any atom is -0.506 e. The second-order valence-electron chi connectivity index (χ2n) is 5.65. The number of phenolic OH excluding ortho intramolecular Hbond substituents is 1. The summed E-state index contributed by atoms with van der Waals surface area (Å²) in [5.74, 6) is 0.137. The van der Waals surface area contributed by atoms with E-state index in [0.717, 1.165) is 11.3 Å². The maximum atomic E-state index is 9.63. The molecule has 0 atom stereocenters. The van der Waals surface area contributed by atoms with E-state index in [2.05, 4.69) is 23.5 Å². The molecular weight excluding hydrogens is 282 g/mol. The number of nitrogens with one attached hydrogen (secondary N) is 1. The van der Waals surface area contributed by atoms with Crippen molar-refractivity contribution in [3.63, 3.8) is 0 Å². The Morgan fingerprint density at radius 2 is 1.81 bits per heavy atom. The molecule has 0 bridgehead atoms. The fourth-order valence-corrected chi connectivity index (χ4v) is 3.11. The van der Waals surface area contributed by atoms with Gasteiger partial charge in [0.1, 0.15) is 5.75 Å². The van der Waals surface area contributed by atoms with Crippen molar-refractivity contribution >= 4 is 17.3 Å². The van der Waals surface area contributed by atoms with Gasteiger partial charge in [0.15, 0.2) is 0 Å². The second-order valence-corrected chi connectivity index (χ2v) is 6.03. The number of rotatable bonds is 3. The number of aromatic hydroxyl groups is 1. The molecule has 2 nitrogen and oxygen atoms in total. The van der Waals surface area contributed by atoms with Crippen molar-refractivity contribution in [3.05, 3.63) is 58.1 Å².